The zero-order valence-corrected chi connectivity index (χ0v) is 19.2. The number of carbonyl (C=O) groups excluding carboxylic acids is 2. The topological polar surface area (TPSA) is 70.1 Å². The van der Waals surface area contributed by atoms with Crippen molar-refractivity contribution in [2.75, 3.05) is 34.3 Å². The molecular weight excluding hydrogens is 424 g/mol. The maximum atomic E-state index is 13.1. The van der Waals surface area contributed by atoms with Crippen molar-refractivity contribution in [3.63, 3.8) is 0 Å². The molecule has 0 radical (unpaired) electrons. The third-order valence-corrected chi connectivity index (χ3v) is 6.48. The number of Topliss-reactive ketones (excluding diaryl/α,β-unsaturated/α-hetero) is 1. The number of aliphatic hydroxyl groups is 1. The lowest BCUT2D eigenvalue weighted by Crippen LogP contribution is -2.35. The average molecular weight is 449 g/mol. The molecule has 1 amide bonds. The smallest absolute Gasteiger partial charge is 0.295 e. The van der Waals surface area contributed by atoms with Crippen LogP contribution in [0.25, 0.3) is 5.76 Å². The predicted octanol–water partition coefficient (Wildman–Crippen LogP) is 4.01. The number of thiophene rings is 1. The van der Waals surface area contributed by atoms with Crippen molar-refractivity contribution >= 4 is 40.4 Å². The molecule has 1 fully saturated rings. The molecule has 0 spiro atoms. The highest BCUT2D eigenvalue weighted by Gasteiger charge is 2.47. The number of likely N-dealkylation sites (tertiary alicyclic amines) is 1. The monoisotopic (exact) mass is 448 g/mol. The predicted molar refractivity (Wildman–Crippen MR) is 119 cm³/mol. The Balaban J connectivity index is 2.24. The van der Waals surface area contributed by atoms with E-state index in [1.807, 2.05) is 44.3 Å². The van der Waals surface area contributed by atoms with Crippen LogP contribution in [0.3, 0.4) is 0 Å². The van der Waals surface area contributed by atoms with Gasteiger partial charge in [-0.05, 0) is 62.6 Å². The molecule has 1 aliphatic rings. The molecule has 1 saturated heterocycles. The number of hydrogen-bond donors (Lipinski definition) is 1. The SMILES string of the molecule is COc1c(Cl)cc(C)cc1/C(O)=C1\C(=O)C(=O)N(CCN(C)C)C1c1sccc1C. The number of halogens is 1. The average Bonchev–Trinajstić information content (AvgIpc) is 3.20. The highest BCUT2D eigenvalue weighted by molar-refractivity contribution is 7.10. The lowest BCUT2D eigenvalue weighted by molar-refractivity contribution is -0.140. The van der Waals surface area contributed by atoms with E-state index in [2.05, 4.69) is 0 Å². The summed E-state index contributed by atoms with van der Waals surface area (Å²) in [4.78, 5) is 30.3. The van der Waals surface area contributed by atoms with Crippen molar-refractivity contribution in [2.24, 2.45) is 0 Å². The first-order valence-corrected chi connectivity index (χ1v) is 10.7. The molecule has 30 heavy (non-hydrogen) atoms. The van der Waals surface area contributed by atoms with E-state index in [1.54, 1.807) is 12.1 Å². The summed E-state index contributed by atoms with van der Waals surface area (Å²) >= 11 is 7.76. The standard InChI is InChI=1S/C22H25ClN2O4S/c1-12-10-14(20(29-5)15(23)11-12)18(26)16-17(21-13(2)6-9-30-21)25(8-7-24(3)4)22(28)19(16)27/h6,9-11,17,26H,7-8H2,1-5H3/b18-16+. The molecule has 8 heteroatoms. The molecular formula is C22H25ClN2O4S. The molecule has 0 saturated carbocycles. The Bertz CT molecular complexity index is 1030. The Hall–Kier alpha value is -2.35. The van der Waals surface area contributed by atoms with Gasteiger partial charge in [0.1, 0.15) is 11.5 Å². The number of ether oxygens (including phenoxy) is 1. The van der Waals surface area contributed by atoms with Crippen LogP contribution >= 0.6 is 22.9 Å². The highest BCUT2D eigenvalue weighted by Crippen LogP contribution is 2.44. The molecule has 160 valence electrons. The van der Waals surface area contributed by atoms with Crippen molar-refractivity contribution < 1.29 is 19.4 Å². The second-order valence-electron chi connectivity index (χ2n) is 7.59. The Morgan fingerprint density at radius 3 is 2.57 bits per heavy atom. The summed E-state index contributed by atoms with van der Waals surface area (Å²) in [5.41, 5.74) is 2.12. The number of ketones is 1. The highest BCUT2D eigenvalue weighted by atomic mass is 35.5. The number of amides is 1. The van der Waals surface area contributed by atoms with Gasteiger partial charge < -0.3 is 19.6 Å². The number of methoxy groups -OCH3 is 1. The van der Waals surface area contributed by atoms with Crippen LogP contribution in [0.1, 0.15) is 27.6 Å². The summed E-state index contributed by atoms with van der Waals surface area (Å²) in [7, 11) is 5.26. The minimum atomic E-state index is -0.705. The summed E-state index contributed by atoms with van der Waals surface area (Å²) in [5, 5.41) is 13.5. The minimum Gasteiger partial charge on any atom is -0.507 e. The van der Waals surface area contributed by atoms with E-state index in [9.17, 15) is 14.7 Å². The van der Waals surface area contributed by atoms with E-state index >= 15 is 0 Å². The Kier molecular flexibility index (Phi) is 6.55. The fourth-order valence-corrected chi connectivity index (χ4v) is 5.01. The van der Waals surface area contributed by atoms with Gasteiger partial charge in [-0.2, -0.15) is 0 Å². The maximum Gasteiger partial charge on any atom is 0.295 e. The molecule has 1 unspecified atom stereocenters. The molecule has 3 rings (SSSR count). The number of likely N-dealkylation sites (N-methyl/N-ethyl adjacent to an activating group) is 1. The first kappa shape index (κ1) is 22.3. The van der Waals surface area contributed by atoms with Crippen LogP contribution < -0.4 is 4.74 Å². The van der Waals surface area contributed by atoms with Gasteiger partial charge in [0.05, 0.1) is 29.3 Å². The third kappa shape index (κ3) is 3.97. The van der Waals surface area contributed by atoms with Crippen molar-refractivity contribution in [1.29, 1.82) is 0 Å². The molecule has 1 aromatic heterocycles. The Morgan fingerprint density at radius 1 is 1.30 bits per heavy atom. The fourth-order valence-electron chi connectivity index (χ4n) is 3.61. The molecule has 6 nitrogen and oxygen atoms in total. The van der Waals surface area contributed by atoms with Gasteiger partial charge in [-0.1, -0.05) is 11.6 Å². The second kappa shape index (κ2) is 8.79. The normalized spacial score (nSPS) is 18.5. The summed E-state index contributed by atoms with van der Waals surface area (Å²) in [6.45, 7) is 4.72. The zero-order chi connectivity index (χ0) is 22.2. The van der Waals surface area contributed by atoms with E-state index in [0.717, 1.165) is 16.0 Å². The number of aliphatic hydroxyl groups excluding tert-OH is 1. The van der Waals surface area contributed by atoms with Crippen molar-refractivity contribution in [2.45, 2.75) is 19.9 Å². The molecule has 2 heterocycles. The van der Waals surface area contributed by atoms with Crippen LogP contribution in [0, 0.1) is 13.8 Å². The first-order chi connectivity index (χ1) is 14.2. The van der Waals surface area contributed by atoms with E-state index in [4.69, 9.17) is 16.3 Å². The van der Waals surface area contributed by atoms with E-state index in [-0.39, 0.29) is 17.1 Å². The Labute approximate surface area is 185 Å². The number of rotatable bonds is 6. The quantitative estimate of drug-likeness (QED) is 0.410. The van der Waals surface area contributed by atoms with Gasteiger partial charge in [0.2, 0.25) is 0 Å². The number of hydrogen-bond acceptors (Lipinski definition) is 6. The molecule has 1 atom stereocenters. The molecule has 1 aromatic carbocycles. The minimum absolute atomic E-state index is 0.0595. The number of nitrogens with zero attached hydrogens (tertiary/aromatic N) is 2. The van der Waals surface area contributed by atoms with Gasteiger partial charge in [0.15, 0.2) is 0 Å². The summed E-state index contributed by atoms with van der Waals surface area (Å²) < 4.78 is 5.39. The molecule has 1 N–H and O–H groups in total. The molecule has 2 aromatic rings. The van der Waals surface area contributed by atoms with Gasteiger partial charge in [-0.15, -0.1) is 11.3 Å². The van der Waals surface area contributed by atoms with Gasteiger partial charge in [-0.3, -0.25) is 9.59 Å². The molecule has 0 aliphatic carbocycles. The summed E-state index contributed by atoms with van der Waals surface area (Å²) in [6.07, 6.45) is 0. The van der Waals surface area contributed by atoms with Crippen molar-refractivity contribution in [3.05, 3.63) is 55.7 Å². The van der Waals surface area contributed by atoms with Crippen LogP contribution in [-0.2, 0) is 9.59 Å². The zero-order valence-electron chi connectivity index (χ0n) is 17.7. The van der Waals surface area contributed by atoms with Crippen molar-refractivity contribution in [3.8, 4) is 5.75 Å². The fraction of sp³-hybridized carbons (Fsp3) is 0.364. The van der Waals surface area contributed by atoms with Crippen LogP contribution in [0.4, 0.5) is 0 Å². The van der Waals surface area contributed by atoms with Gasteiger partial charge in [-0.25, -0.2) is 0 Å². The lowest BCUT2D eigenvalue weighted by atomic mass is 9.97. The first-order valence-electron chi connectivity index (χ1n) is 9.49. The van der Waals surface area contributed by atoms with Gasteiger partial charge in [0, 0.05) is 18.0 Å². The largest absolute Gasteiger partial charge is 0.507 e. The summed E-state index contributed by atoms with van der Waals surface area (Å²) in [5.74, 6) is -1.33. The van der Waals surface area contributed by atoms with E-state index < -0.39 is 17.7 Å². The maximum absolute atomic E-state index is 13.1. The number of carbonyl (C=O) groups is 2. The molecule has 1 aliphatic heterocycles. The lowest BCUT2D eigenvalue weighted by Gasteiger charge is -2.26. The van der Waals surface area contributed by atoms with Gasteiger partial charge in [0.25, 0.3) is 11.7 Å². The van der Waals surface area contributed by atoms with Crippen LogP contribution in [0.2, 0.25) is 5.02 Å². The second-order valence-corrected chi connectivity index (χ2v) is 8.95. The Morgan fingerprint density at radius 2 is 2.00 bits per heavy atom. The summed E-state index contributed by atoms with van der Waals surface area (Å²) in [6, 6.07) is 4.70. The number of aryl methyl sites for hydroxylation is 2. The van der Waals surface area contributed by atoms with E-state index in [1.165, 1.54) is 23.3 Å². The number of benzene rings is 1. The van der Waals surface area contributed by atoms with Crippen molar-refractivity contribution in [1.82, 2.24) is 9.80 Å². The van der Waals surface area contributed by atoms with Crippen LogP contribution in [0.15, 0.2) is 29.2 Å². The third-order valence-electron chi connectivity index (χ3n) is 5.13. The van der Waals surface area contributed by atoms with Crippen LogP contribution in [-0.4, -0.2) is 60.9 Å². The van der Waals surface area contributed by atoms with Gasteiger partial charge >= 0.3 is 0 Å². The van der Waals surface area contributed by atoms with Crippen LogP contribution in [0.5, 0.6) is 5.75 Å². The molecule has 0 bridgehead atoms. The van der Waals surface area contributed by atoms with E-state index in [0.29, 0.717) is 23.7 Å².